The predicted molar refractivity (Wildman–Crippen MR) is 114 cm³/mol. The molecule has 0 spiro atoms. The number of ether oxygens (including phenoxy) is 2. The Morgan fingerprint density at radius 1 is 1.06 bits per heavy atom. The first kappa shape index (κ1) is 19.8. The van der Waals surface area contributed by atoms with E-state index in [0.717, 1.165) is 10.9 Å². The maximum absolute atomic E-state index is 13.3. The van der Waals surface area contributed by atoms with Gasteiger partial charge in [0.05, 0.1) is 4.90 Å². The van der Waals surface area contributed by atoms with Crippen molar-refractivity contribution in [3.63, 3.8) is 0 Å². The third-order valence-electron chi connectivity index (χ3n) is 5.93. The Kier molecular flexibility index (Phi) is 4.83. The van der Waals surface area contributed by atoms with Crippen LogP contribution >= 0.6 is 0 Å². The number of sulfonamides is 1. The van der Waals surface area contributed by atoms with Gasteiger partial charge in [-0.1, -0.05) is 48.5 Å². The summed E-state index contributed by atoms with van der Waals surface area (Å²) in [6.45, 7) is -0.466. The second kappa shape index (κ2) is 7.55. The maximum atomic E-state index is 13.3. The summed E-state index contributed by atoms with van der Waals surface area (Å²) in [6, 6.07) is 17.7. The van der Waals surface area contributed by atoms with Gasteiger partial charge in [-0.2, -0.15) is 0 Å². The third-order valence-corrected chi connectivity index (χ3v) is 7.48. The molecule has 7 nitrogen and oxygen atoms in total. The van der Waals surface area contributed by atoms with Crippen LogP contribution in [0.25, 0.3) is 10.8 Å². The molecule has 1 saturated carbocycles. The van der Waals surface area contributed by atoms with Gasteiger partial charge in [0, 0.05) is 22.9 Å². The normalized spacial score (nSPS) is 22.0. The SMILES string of the molecule is O=C(O)COc1cccc2c1OC1CCC(NS(=O)(=O)c3cccc4ccccc34)C21. The first-order valence-corrected chi connectivity index (χ1v) is 11.6. The van der Waals surface area contributed by atoms with Crippen molar-refractivity contribution in [2.75, 3.05) is 6.61 Å². The molecule has 0 aromatic heterocycles. The summed E-state index contributed by atoms with van der Waals surface area (Å²) in [6.07, 6.45) is 1.17. The van der Waals surface area contributed by atoms with Crippen molar-refractivity contribution in [1.29, 1.82) is 0 Å². The fraction of sp³-hybridized carbons (Fsp3) is 0.261. The van der Waals surface area contributed by atoms with Crippen LogP contribution in [0.5, 0.6) is 11.5 Å². The Bertz CT molecular complexity index is 1270. The summed E-state index contributed by atoms with van der Waals surface area (Å²) >= 11 is 0. The van der Waals surface area contributed by atoms with Crippen molar-refractivity contribution >= 4 is 26.8 Å². The van der Waals surface area contributed by atoms with E-state index in [-0.39, 0.29) is 23.0 Å². The van der Waals surface area contributed by atoms with Crippen LogP contribution < -0.4 is 14.2 Å². The highest BCUT2D eigenvalue weighted by Gasteiger charge is 2.47. The van der Waals surface area contributed by atoms with Crippen LogP contribution in [0, 0.1) is 0 Å². The zero-order valence-electron chi connectivity index (χ0n) is 16.5. The van der Waals surface area contributed by atoms with E-state index in [1.54, 1.807) is 30.3 Å². The Hall–Kier alpha value is -3.10. The molecule has 1 aliphatic carbocycles. The van der Waals surface area contributed by atoms with E-state index in [4.69, 9.17) is 14.6 Å². The zero-order valence-corrected chi connectivity index (χ0v) is 17.3. The van der Waals surface area contributed by atoms with E-state index in [1.807, 2.05) is 30.3 Å². The van der Waals surface area contributed by atoms with Crippen LogP contribution in [0.15, 0.2) is 65.6 Å². The molecule has 31 heavy (non-hydrogen) atoms. The van der Waals surface area contributed by atoms with Gasteiger partial charge in [-0.15, -0.1) is 0 Å². The largest absolute Gasteiger partial charge is 0.486 e. The molecule has 8 heteroatoms. The number of rotatable bonds is 6. The van der Waals surface area contributed by atoms with Crippen LogP contribution in [0.4, 0.5) is 0 Å². The second-order valence-electron chi connectivity index (χ2n) is 7.82. The van der Waals surface area contributed by atoms with Crippen LogP contribution in [0.2, 0.25) is 0 Å². The standard InChI is InChI=1S/C23H21NO6S/c25-21(26)13-29-19-9-4-8-16-22-17(11-12-18(22)30-23(16)19)24-31(27,28)20-10-3-6-14-5-1-2-7-15(14)20/h1-10,17-18,22,24H,11-13H2,(H,25,26). The average molecular weight is 439 g/mol. The third kappa shape index (κ3) is 3.51. The molecule has 5 rings (SSSR count). The molecule has 1 aliphatic heterocycles. The monoisotopic (exact) mass is 439 g/mol. The second-order valence-corrected chi connectivity index (χ2v) is 9.50. The first-order chi connectivity index (χ1) is 14.9. The van der Waals surface area contributed by atoms with Crippen LogP contribution in [0.3, 0.4) is 0 Å². The van der Waals surface area contributed by atoms with Gasteiger partial charge in [0.2, 0.25) is 10.0 Å². The molecule has 1 fully saturated rings. The fourth-order valence-electron chi connectivity index (χ4n) is 4.66. The topological polar surface area (TPSA) is 102 Å². The summed E-state index contributed by atoms with van der Waals surface area (Å²) in [4.78, 5) is 11.1. The number of carboxylic acid groups (broad SMARTS) is 1. The highest BCUT2D eigenvalue weighted by Crippen LogP contribution is 2.51. The minimum Gasteiger partial charge on any atom is -0.486 e. The van der Waals surface area contributed by atoms with Gasteiger partial charge in [0.25, 0.3) is 0 Å². The number of carbonyl (C=O) groups is 1. The molecule has 0 bridgehead atoms. The highest BCUT2D eigenvalue weighted by atomic mass is 32.2. The van der Waals surface area contributed by atoms with Crippen molar-refractivity contribution in [3.05, 3.63) is 66.2 Å². The lowest BCUT2D eigenvalue weighted by Crippen LogP contribution is -2.37. The molecule has 3 unspecified atom stereocenters. The molecule has 1 heterocycles. The van der Waals surface area contributed by atoms with Crippen LogP contribution in [-0.2, 0) is 14.8 Å². The zero-order chi connectivity index (χ0) is 21.6. The Labute approximate surface area is 179 Å². The van der Waals surface area contributed by atoms with Gasteiger partial charge in [-0.3, -0.25) is 0 Å². The first-order valence-electron chi connectivity index (χ1n) is 10.1. The van der Waals surface area contributed by atoms with Crippen molar-refractivity contribution in [1.82, 2.24) is 4.72 Å². The molecule has 2 N–H and O–H groups in total. The number of aliphatic carboxylic acids is 1. The number of para-hydroxylation sites is 1. The summed E-state index contributed by atoms with van der Waals surface area (Å²) in [5.74, 6) is -0.359. The van der Waals surface area contributed by atoms with E-state index in [1.165, 1.54) is 0 Å². The summed E-state index contributed by atoms with van der Waals surface area (Å²) in [5.41, 5.74) is 0.844. The molecular formula is C23H21NO6S. The molecule has 0 saturated heterocycles. The predicted octanol–water partition coefficient (Wildman–Crippen LogP) is 3.29. The number of hydrogen-bond donors (Lipinski definition) is 2. The van der Waals surface area contributed by atoms with E-state index in [2.05, 4.69) is 4.72 Å². The number of nitrogens with one attached hydrogen (secondary N) is 1. The van der Waals surface area contributed by atoms with Gasteiger partial charge < -0.3 is 14.6 Å². The van der Waals surface area contributed by atoms with Crippen LogP contribution in [0.1, 0.15) is 24.3 Å². The summed E-state index contributed by atoms with van der Waals surface area (Å²) in [5, 5.41) is 10.4. The number of hydrogen-bond acceptors (Lipinski definition) is 5. The van der Waals surface area contributed by atoms with E-state index in [0.29, 0.717) is 29.7 Å². The van der Waals surface area contributed by atoms with E-state index >= 15 is 0 Å². The average Bonchev–Trinajstić information content (AvgIpc) is 3.31. The Morgan fingerprint density at radius 3 is 2.68 bits per heavy atom. The highest BCUT2D eigenvalue weighted by molar-refractivity contribution is 7.89. The molecule has 3 aromatic rings. The van der Waals surface area contributed by atoms with E-state index in [9.17, 15) is 13.2 Å². The number of fused-ring (bicyclic) bond motifs is 4. The molecular weight excluding hydrogens is 418 g/mol. The summed E-state index contributed by atoms with van der Waals surface area (Å²) in [7, 11) is -3.76. The fourth-order valence-corrected chi connectivity index (χ4v) is 6.19. The molecule has 2 aliphatic rings. The quantitative estimate of drug-likeness (QED) is 0.611. The van der Waals surface area contributed by atoms with Gasteiger partial charge in [-0.05, 0) is 30.4 Å². The van der Waals surface area contributed by atoms with Crippen molar-refractivity contribution in [2.45, 2.75) is 35.8 Å². The van der Waals surface area contributed by atoms with Gasteiger partial charge >= 0.3 is 5.97 Å². The number of carboxylic acids is 1. The molecule has 160 valence electrons. The lowest BCUT2D eigenvalue weighted by Gasteiger charge is -2.20. The van der Waals surface area contributed by atoms with Gasteiger partial charge in [0.15, 0.2) is 18.1 Å². The molecule has 3 atom stereocenters. The van der Waals surface area contributed by atoms with Gasteiger partial charge in [-0.25, -0.2) is 17.9 Å². The Balaban J connectivity index is 1.45. The van der Waals surface area contributed by atoms with Gasteiger partial charge in [0.1, 0.15) is 6.10 Å². The molecule has 3 aromatic carbocycles. The lowest BCUT2D eigenvalue weighted by molar-refractivity contribution is -0.139. The van der Waals surface area contributed by atoms with Crippen molar-refractivity contribution < 1.29 is 27.8 Å². The van der Waals surface area contributed by atoms with Crippen LogP contribution in [-0.4, -0.2) is 38.2 Å². The minimum absolute atomic E-state index is 0.159. The minimum atomic E-state index is -3.76. The summed E-state index contributed by atoms with van der Waals surface area (Å²) < 4.78 is 40.9. The number of benzene rings is 3. The lowest BCUT2D eigenvalue weighted by atomic mass is 9.94. The Morgan fingerprint density at radius 2 is 1.84 bits per heavy atom. The molecule has 0 radical (unpaired) electrons. The van der Waals surface area contributed by atoms with Crippen molar-refractivity contribution in [3.8, 4) is 11.5 Å². The van der Waals surface area contributed by atoms with Crippen molar-refractivity contribution in [2.24, 2.45) is 0 Å². The molecule has 0 amide bonds. The smallest absolute Gasteiger partial charge is 0.341 e. The maximum Gasteiger partial charge on any atom is 0.341 e. The van der Waals surface area contributed by atoms with E-state index < -0.39 is 22.6 Å².